The summed E-state index contributed by atoms with van der Waals surface area (Å²) >= 11 is 0. The van der Waals surface area contributed by atoms with Gasteiger partial charge in [-0.1, -0.05) is 18.6 Å². The van der Waals surface area contributed by atoms with Crippen molar-refractivity contribution in [1.82, 2.24) is 5.32 Å². The van der Waals surface area contributed by atoms with E-state index in [-0.39, 0.29) is 0 Å². The van der Waals surface area contributed by atoms with Crippen molar-refractivity contribution < 1.29 is 5.11 Å². The normalized spacial score (nSPS) is 22.2. The maximum Gasteiger partial charge on any atom is 0.118 e. The third kappa shape index (κ3) is 1.90. The van der Waals surface area contributed by atoms with Crippen LogP contribution in [0.5, 0.6) is 5.75 Å². The van der Waals surface area contributed by atoms with Gasteiger partial charge >= 0.3 is 0 Å². The van der Waals surface area contributed by atoms with Gasteiger partial charge < -0.3 is 10.4 Å². The van der Waals surface area contributed by atoms with Crippen molar-refractivity contribution in [2.75, 3.05) is 6.54 Å². The molecule has 2 rings (SSSR count). The van der Waals surface area contributed by atoms with E-state index in [2.05, 4.69) is 11.4 Å². The van der Waals surface area contributed by atoms with E-state index in [1.165, 1.54) is 24.8 Å². The summed E-state index contributed by atoms with van der Waals surface area (Å²) in [6, 6.07) is 6.42. The minimum absolute atomic E-state index is 0.412. The lowest BCUT2D eigenvalue weighted by Crippen LogP contribution is -2.26. The zero-order valence-corrected chi connectivity index (χ0v) is 8.59. The van der Waals surface area contributed by atoms with Crippen molar-refractivity contribution >= 4 is 0 Å². The fourth-order valence-corrected chi connectivity index (χ4v) is 1.98. The highest BCUT2D eigenvalue weighted by Crippen LogP contribution is 2.27. The number of hydrogen-bond acceptors (Lipinski definition) is 2. The van der Waals surface area contributed by atoms with E-state index in [0.29, 0.717) is 11.8 Å². The van der Waals surface area contributed by atoms with E-state index in [9.17, 15) is 5.11 Å². The first-order valence-corrected chi connectivity index (χ1v) is 5.30. The zero-order valence-electron chi connectivity index (χ0n) is 8.59. The molecule has 1 atom stereocenters. The van der Waals surface area contributed by atoms with Gasteiger partial charge in [0.05, 0.1) is 0 Å². The Morgan fingerprint density at radius 2 is 2.21 bits per heavy atom. The molecule has 76 valence electrons. The van der Waals surface area contributed by atoms with Crippen LogP contribution >= 0.6 is 0 Å². The molecule has 2 nitrogen and oxygen atoms in total. The topological polar surface area (TPSA) is 32.3 Å². The van der Waals surface area contributed by atoms with Gasteiger partial charge in [-0.15, -0.1) is 0 Å². The molecule has 1 saturated heterocycles. The predicted molar refractivity (Wildman–Crippen MR) is 57.4 cm³/mol. The lowest BCUT2D eigenvalue weighted by Gasteiger charge is -2.24. The lowest BCUT2D eigenvalue weighted by atomic mass is 9.96. The second kappa shape index (κ2) is 4.01. The van der Waals surface area contributed by atoms with Gasteiger partial charge in [0.2, 0.25) is 0 Å². The van der Waals surface area contributed by atoms with Gasteiger partial charge in [0.15, 0.2) is 0 Å². The second-order valence-electron chi connectivity index (χ2n) is 4.05. The molecule has 0 spiro atoms. The summed E-state index contributed by atoms with van der Waals surface area (Å²) in [6.07, 6.45) is 3.74. The van der Waals surface area contributed by atoms with E-state index in [4.69, 9.17) is 0 Å². The molecule has 1 aliphatic rings. The molecule has 0 unspecified atom stereocenters. The summed E-state index contributed by atoms with van der Waals surface area (Å²) in [5.74, 6) is 0.412. The highest BCUT2D eigenvalue weighted by Gasteiger charge is 2.14. The van der Waals surface area contributed by atoms with Crippen LogP contribution in [-0.4, -0.2) is 11.7 Å². The number of hydrogen-bond donors (Lipinski definition) is 2. The van der Waals surface area contributed by atoms with Crippen LogP contribution in [0.1, 0.15) is 36.4 Å². The fraction of sp³-hybridized carbons (Fsp3) is 0.500. The Bertz CT molecular complexity index is 316. The summed E-state index contributed by atoms with van der Waals surface area (Å²) in [7, 11) is 0. The van der Waals surface area contributed by atoms with Crippen LogP contribution in [0.3, 0.4) is 0 Å². The molecule has 1 heterocycles. The SMILES string of the molecule is Cc1ccc([C@@H]2CCCCN2)cc1O. The first kappa shape index (κ1) is 9.53. The molecule has 1 aromatic rings. The molecule has 1 aliphatic heterocycles. The van der Waals surface area contributed by atoms with Crippen molar-refractivity contribution in [2.45, 2.75) is 32.2 Å². The Balaban J connectivity index is 2.18. The van der Waals surface area contributed by atoms with Gasteiger partial charge in [-0.3, -0.25) is 0 Å². The highest BCUT2D eigenvalue weighted by molar-refractivity contribution is 5.36. The van der Waals surface area contributed by atoms with Gasteiger partial charge in [-0.05, 0) is 43.5 Å². The molecule has 2 N–H and O–H groups in total. The molecular formula is C12H17NO. The highest BCUT2D eigenvalue weighted by atomic mass is 16.3. The summed E-state index contributed by atoms with van der Waals surface area (Å²) < 4.78 is 0. The molecule has 14 heavy (non-hydrogen) atoms. The minimum Gasteiger partial charge on any atom is -0.508 e. The maximum absolute atomic E-state index is 9.60. The van der Waals surface area contributed by atoms with Gasteiger partial charge in [-0.25, -0.2) is 0 Å². The molecule has 1 aromatic carbocycles. The summed E-state index contributed by atoms with van der Waals surface area (Å²) in [6.45, 7) is 3.02. The molecule has 0 bridgehead atoms. The smallest absolute Gasteiger partial charge is 0.118 e. The Labute approximate surface area is 85.0 Å². The number of phenolic OH excluding ortho intramolecular Hbond substituents is 1. The van der Waals surface area contributed by atoms with Crippen molar-refractivity contribution in [2.24, 2.45) is 0 Å². The number of aryl methyl sites for hydroxylation is 1. The van der Waals surface area contributed by atoms with Gasteiger partial charge in [-0.2, -0.15) is 0 Å². The Kier molecular flexibility index (Phi) is 2.73. The maximum atomic E-state index is 9.60. The first-order chi connectivity index (χ1) is 6.77. The fourth-order valence-electron chi connectivity index (χ4n) is 1.98. The minimum atomic E-state index is 0.412. The van der Waals surface area contributed by atoms with E-state index in [1.54, 1.807) is 0 Å². The van der Waals surface area contributed by atoms with Crippen LogP contribution in [0.15, 0.2) is 18.2 Å². The average Bonchev–Trinajstić information content (AvgIpc) is 2.23. The molecule has 2 heteroatoms. The molecule has 0 amide bonds. The number of nitrogens with one attached hydrogen (secondary N) is 1. The third-order valence-electron chi connectivity index (χ3n) is 2.95. The van der Waals surface area contributed by atoms with Gasteiger partial charge in [0.1, 0.15) is 5.75 Å². The van der Waals surface area contributed by atoms with Crippen molar-refractivity contribution in [1.29, 1.82) is 0 Å². The number of benzene rings is 1. The van der Waals surface area contributed by atoms with E-state index in [1.807, 2.05) is 19.1 Å². The summed E-state index contributed by atoms with van der Waals surface area (Å²) in [4.78, 5) is 0. The third-order valence-corrected chi connectivity index (χ3v) is 2.95. The number of rotatable bonds is 1. The second-order valence-corrected chi connectivity index (χ2v) is 4.05. The van der Waals surface area contributed by atoms with Gasteiger partial charge in [0, 0.05) is 6.04 Å². The molecule has 0 aliphatic carbocycles. The summed E-state index contributed by atoms with van der Waals surface area (Å²) in [5, 5.41) is 13.1. The molecule has 0 radical (unpaired) electrons. The van der Waals surface area contributed by atoms with Crippen molar-refractivity contribution in [3.05, 3.63) is 29.3 Å². The number of piperidine rings is 1. The van der Waals surface area contributed by atoms with Crippen LogP contribution in [0, 0.1) is 6.92 Å². The Morgan fingerprint density at radius 1 is 1.36 bits per heavy atom. The van der Waals surface area contributed by atoms with Crippen LogP contribution in [-0.2, 0) is 0 Å². The van der Waals surface area contributed by atoms with Gasteiger partial charge in [0.25, 0.3) is 0 Å². The standard InChI is InChI=1S/C12H17NO/c1-9-5-6-10(8-12(9)14)11-4-2-3-7-13-11/h5-6,8,11,13-14H,2-4,7H2,1H3/t11-/m0/s1. The Morgan fingerprint density at radius 3 is 2.86 bits per heavy atom. The predicted octanol–water partition coefficient (Wildman–Crippen LogP) is 2.52. The monoisotopic (exact) mass is 191 g/mol. The molecule has 0 saturated carbocycles. The first-order valence-electron chi connectivity index (χ1n) is 5.30. The van der Waals surface area contributed by atoms with E-state index >= 15 is 0 Å². The van der Waals surface area contributed by atoms with Crippen LogP contribution in [0.25, 0.3) is 0 Å². The average molecular weight is 191 g/mol. The lowest BCUT2D eigenvalue weighted by molar-refractivity contribution is 0.409. The van der Waals surface area contributed by atoms with Crippen LogP contribution in [0.2, 0.25) is 0 Å². The largest absolute Gasteiger partial charge is 0.508 e. The van der Waals surface area contributed by atoms with Crippen molar-refractivity contribution in [3.8, 4) is 5.75 Å². The number of aromatic hydroxyl groups is 1. The molecular weight excluding hydrogens is 174 g/mol. The molecule has 0 aromatic heterocycles. The molecule has 1 fully saturated rings. The summed E-state index contributed by atoms with van der Waals surface area (Å²) in [5.41, 5.74) is 2.16. The zero-order chi connectivity index (χ0) is 9.97. The van der Waals surface area contributed by atoms with Crippen LogP contribution in [0.4, 0.5) is 0 Å². The number of phenols is 1. The Hall–Kier alpha value is -1.02. The van der Waals surface area contributed by atoms with Crippen molar-refractivity contribution in [3.63, 3.8) is 0 Å². The van der Waals surface area contributed by atoms with E-state index < -0.39 is 0 Å². The quantitative estimate of drug-likeness (QED) is 0.715. The van der Waals surface area contributed by atoms with Crippen LogP contribution < -0.4 is 5.32 Å². The van der Waals surface area contributed by atoms with E-state index in [0.717, 1.165) is 12.1 Å².